The van der Waals surface area contributed by atoms with Crippen LogP contribution in [0.3, 0.4) is 0 Å². The molecular formula is C12H13F3N2O5. The number of nitrogens with zero attached hydrogens (tertiary/aromatic N) is 1. The van der Waals surface area contributed by atoms with Gasteiger partial charge in [0.25, 0.3) is 5.69 Å². The van der Waals surface area contributed by atoms with Gasteiger partial charge in [0.15, 0.2) is 5.75 Å². The number of non-ortho nitro benzene ring substituents is 1. The number of alkyl halides is 3. The van der Waals surface area contributed by atoms with E-state index in [0.717, 1.165) is 12.1 Å². The average Bonchev–Trinajstić information content (AvgIpc) is 2.32. The van der Waals surface area contributed by atoms with Gasteiger partial charge in [0.05, 0.1) is 4.92 Å². The molecule has 7 nitrogen and oxygen atoms in total. The third-order valence-electron chi connectivity index (χ3n) is 2.12. The van der Waals surface area contributed by atoms with Crippen LogP contribution in [0.4, 0.5) is 23.7 Å². The first kappa shape index (κ1) is 17.5. The summed E-state index contributed by atoms with van der Waals surface area (Å²) < 4.78 is 43.3. The molecule has 0 unspecified atom stereocenters. The molecule has 0 saturated carbocycles. The average molecular weight is 322 g/mol. The van der Waals surface area contributed by atoms with E-state index in [0.29, 0.717) is 6.07 Å². The fraction of sp³-hybridized carbons (Fsp3) is 0.417. The predicted molar refractivity (Wildman–Crippen MR) is 68.1 cm³/mol. The zero-order valence-electron chi connectivity index (χ0n) is 11.9. The molecule has 1 aromatic carbocycles. The molecule has 0 radical (unpaired) electrons. The second-order valence-corrected chi connectivity index (χ2v) is 5.14. The van der Waals surface area contributed by atoms with Crippen LogP contribution in [0.25, 0.3) is 0 Å². The first-order valence-corrected chi connectivity index (χ1v) is 5.91. The SMILES string of the molecule is CC(C)(C)OC(=O)NOc1ccc([N+](=O)[O-])cc1C(F)(F)F. The van der Waals surface area contributed by atoms with E-state index in [-0.39, 0.29) is 0 Å². The summed E-state index contributed by atoms with van der Waals surface area (Å²) in [6.07, 6.45) is -5.99. The molecule has 1 amide bonds. The van der Waals surface area contributed by atoms with Crippen molar-refractivity contribution in [1.82, 2.24) is 5.48 Å². The zero-order valence-corrected chi connectivity index (χ0v) is 11.9. The lowest BCUT2D eigenvalue weighted by Crippen LogP contribution is -2.34. The topological polar surface area (TPSA) is 90.7 Å². The second kappa shape index (κ2) is 6.08. The molecule has 0 aliphatic heterocycles. The third kappa shape index (κ3) is 5.11. The number of benzene rings is 1. The molecule has 1 N–H and O–H groups in total. The van der Waals surface area contributed by atoms with Crippen LogP contribution in [-0.4, -0.2) is 16.6 Å². The predicted octanol–water partition coefficient (Wildman–Crippen LogP) is 3.43. The number of ether oxygens (including phenoxy) is 1. The highest BCUT2D eigenvalue weighted by atomic mass is 19.4. The Morgan fingerprint density at radius 2 is 1.86 bits per heavy atom. The minimum atomic E-state index is -4.89. The van der Waals surface area contributed by atoms with Crippen LogP contribution in [0.2, 0.25) is 0 Å². The Kier molecular flexibility index (Phi) is 4.84. The van der Waals surface area contributed by atoms with Crippen molar-refractivity contribution >= 4 is 11.8 Å². The van der Waals surface area contributed by atoms with E-state index in [1.165, 1.54) is 0 Å². The van der Waals surface area contributed by atoms with Gasteiger partial charge in [-0.25, -0.2) is 4.79 Å². The van der Waals surface area contributed by atoms with Crippen LogP contribution in [-0.2, 0) is 10.9 Å². The lowest BCUT2D eigenvalue weighted by Gasteiger charge is -2.20. The van der Waals surface area contributed by atoms with E-state index in [1.807, 2.05) is 0 Å². The highest BCUT2D eigenvalue weighted by Gasteiger charge is 2.36. The molecule has 0 spiro atoms. The van der Waals surface area contributed by atoms with E-state index in [4.69, 9.17) is 4.74 Å². The van der Waals surface area contributed by atoms with E-state index in [1.54, 1.807) is 26.3 Å². The number of nitrogens with one attached hydrogen (secondary N) is 1. The Hall–Kier alpha value is -2.52. The van der Waals surface area contributed by atoms with Gasteiger partial charge in [-0.1, -0.05) is 0 Å². The minimum absolute atomic E-state index is 0.312. The van der Waals surface area contributed by atoms with Gasteiger partial charge in [-0.2, -0.15) is 18.7 Å². The maximum Gasteiger partial charge on any atom is 0.441 e. The molecular weight excluding hydrogens is 309 g/mol. The molecule has 1 aromatic rings. The molecule has 0 fully saturated rings. The number of amides is 1. The van der Waals surface area contributed by atoms with E-state index < -0.39 is 39.8 Å². The summed E-state index contributed by atoms with van der Waals surface area (Å²) in [7, 11) is 0. The van der Waals surface area contributed by atoms with Gasteiger partial charge in [0.1, 0.15) is 11.2 Å². The maximum absolute atomic E-state index is 12.8. The molecule has 0 atom stereocenters. The van der Waals surface area contributed by atoms with Gasteiger partial charge in [0, 0.05) is 12.1 Å². The van der Waals surface area contributed by atoms with Crippen LogP contribution in [0.15, 0.2) is 18.2 Å². The van der Waals surface area contributed by atoms with Crippen molar-refractivity contribution in [1.29, 1.82) is 0 Å². The lowest BCUT2D eigenvalue weighted by molar-refractivity contribution is -0.385. The van der Waals surface area contributed by atoms with E-state index in [9.17, 15) is 28.1 Å². The smallest absolute Gasteiger partial charge is 0.441 e. The van der Waals surface area contributed by atoms with Gasteiger partial charge in [-0.05, 0) is 26.8 Å². The molecule has 0 aromatic heterocycles. The summed E-state index contributed by atoms with van der Waals surface area (Å²) in [5, 5.41) is 10.5. The Morgan fingerprint density at radius 1 is 1.27 bits per heavy atom. The fourth-order valence-corrected chi connectivity index (χ4v) is 1.34. The second-order valence-electron chi connectivity index (χ2n) is 5.14. The number of rotatable bonds is 3. The first-order valence-electron chi connectivity index (χ1n) is 5.91. The van der Waals surface area contributed by atoms with Crippen LogP contribution in [0.1, 0.15) is 26.3 Å². The zero-order chi connectivity index (χ0) is 17.1. The summed E-state index contributed by atoms with van der Waals surface area (Å²) in [4.78, 5) is 25.4. The number of hydrogen-bond acceptors (Lipinski definition) is 5. The Labute approximate surface area is 123 Å². The Balaban J connectivity index is 2.95. The van der Waals surface area contributed by atoms with E-state index >= 15 is 0 Å². The van der Waals surface area contributed by atoms with Crippen molar-refractivity contribution in [3.63, 3.8) is 0 Å². The standard InChI is InChI=1S/C12H13F3N2O5/c1-11(2,3)21-10(18)16-22-9-5-4-7(17(19)20)6-8(9)12(13,14)15/h4-6H,1-3H3,(H,16,18). The molecule has 1 rings (SSSR count). The van der Waals surface area contributed by atoms with Crippen molar-refractivity contribution in [2.45, 2.75) is 32.5 Å². The number of nitro benzene ring substituents is 1. The quantitative estimate of drug-likeness (QED) is 0.680. The third-order valence-corrected chi connectivity index (χ3v) is 2.12. The van der Waals surface area contributed by atoms with Crippen LogP contribution < -0.4 is 10.3 Å². The number of carbonyl (C=O) groups is 1. The molecule has 0 aliphatic rings. The van der Waals surface area contributed by atoms with Crippen molar-refractivity contribution in [3.05, 3.63) is 33.9 Å². The molecule has 0 saturated heterocycles. The van der Waals surface area contributed by atoms with Crippen molar-refractivity contribution in [2.24, 2.45) is 0 Å². The number of nitro groups is 1. The van der Waals surface area contributed by atoms with Gasteiger partial charge in [-0.15, -0.1) is 0 Å². The molecule has 0 aliphatic carbocycles. The summed E-state index contributed by atoms with van der Waals surface area (Å²) >= 11 is 0. The summed E-state index contributed by atoms with van der Waals surface area (Å²) in [5.41, 5.74) is -1.32. The van der Waals surface area contributed by atoms with Gasteiger partial charge >= 0.3 is 12.3 Å². The Bertz CT molecular complexity index is 581. The normalized spacial score (nSPS) is 11.7. The maximum atomic E-state index is 12.8. The molecule has 22 heavy (non-hydrogen) atoms. The molecule has 0 heterocycles. The van der Waals surface area contributed by atoms with E-state index in [2.05, 4.69) is 4.84 Å². The number of carbonyl (C=O) groups excluding carboxylic acids is 1. The lowest BCUT2D eigenvalue weighted by atomic mass is 10.1. The molecule has 0 bridgehead atoms. The molecule has 10 heteroatoms. The summed E-state index contributed by atoms with van der Waals surface area (Å²) in [6.45, 7) is 4.67. The fourth-order valence-electron chi connectivity index (χ4n) is 1.34. The number of hydroxylamine groups is 1. The van der Waals surface area contributed by atoms with Crippen molar-refractivity contribution in [3.8, 4) is 5.75 Å². The summed E-state index contributed by atoms with van der Waals surface area (Å²) in [5.74, 6) is -0.788. The van der Waals surface area contributed by atoms with Crippen LogP contribution in [0, 0.1) is 10.1 Å². The van der Waals surface area contributed by atoms with Crippen molar-refractivity contribution in [2.75, 3.05) is 0 Å². The molecule has 122 valence electrons. The monoisotopic (exact) mass is 322 g/mol. The largest absolute Gasteiger partial charge is 0.442 e. The van der Waals surface area contributed by atoms with Crippen molar-refractivity contribution < 1.29 is 32.5 Å². The Morgan fingerprint density at radius 3 is 2.32 bits per heavy atom. The highest BCUT2D eigenvalue weighted by molar-refractivity contribution is 5.66. The van der Waals surface area contributed by atoms with Gasteiger partial charge in [-0.3, -0.25) is 10.1 Å². The summed E-state index contributed by atoms with van der Waals surface area (Å²) in [6, 6.07) is 1.87. The minimum Gasteiger partial charge on any atom is -0.442 e. The number of halogens is 3. The number of hydrogen-bond donors (Lipinski definition) is 1. The van der Waals surface area contributed by atoms with Crippen LogP contribution in [0.5, 0.6) is 5.75 Å². The van der Waals surface area contributed by atoms with Gasteiger partial charge in [0.2, 0.25) is 0 Å². The van der Waals surface area contributed by atoms with Crippen LogP contribution >= 0.6 is 0 Å². The van der Waals surface area contributed by atoms with Gasteiger partial charge < -0.3 is 9.57 Å². The first-order chi connectivity index (χ1) is 9.90. The highest BCUT2D eigenvalue weighted by Crippen LogP contribution is 2.38.